The van der Waals surface area contributed by atoms with Crippen LogP contribution in [-0.2, 0) is 4.79 Å². The minimum Gasteiger partial charge on any atom is -0.396 e. The first-order valence-electron chi connectivity index (χ1n) is 6.91. The number of halogens is 1. The zero-order chi connectivity index (χ0) is 15.8. The number of amides is 2. The number of rotatable bonds is 7. The molecule has 2 amide bonds. The molecule has 1 atom stereocenters. The quantitative estimate of drug-likeness (QED) is 0.659. The molecule has 0 bridgehead atoms. The molecule has 5 nitrogen and oxygen atoms in total. The van der Waals surface area contributed by atoms with Gasteiger partial charge in [-0.3, -0.25) is 9.59 Å². The van der Waals surface area contributed by atoms with Crippen LogP contribution in [0.1, 0.15) is 30.6 Å². The van der Waals surface area contributed by atoms with Crippen molar-refractivity contribution in [3.63, 3.8) is 0 Å². The summed E-state index contributed by atoms with van der Waals surface area (Å²) in [5.74, 6) is -1.74. The molecule has 0 aliphatic carbocycles. The van der Waals surface area contributed by atoms with Crippen molar-refractivity contribution in [2.24, 2.45) is 5.92 Å². The van der Waals surface area contributed by atoms with E-state index in [1.165, 1.54) is 18.2 Å². The molecule has 0 aliphatic rings. The smallest absolute Gasteiger partial charge is 0.254 e. The van der Waals surface area contributed by atoms with Crippen LogP contribution in [0, 0.1) is 11.7 Å². The maximum atomic E-state index is 13.6. The molecule has 0 fully saturated rings. The van der Waals surface area contributed by atoms with Gasteiger partial charge in [-0.2, -0.15) is 0 Å². The Morgan fingerprint density at radius 1 is 1.29 bits per heavy atom. The van der Waals surface area contributed by atoms with E-state index in [0.29, 0.717) is 13.0 Å². The monoisotopic (exact) mass is 296 g/mol. The summed E-state index contributed by atoms with van der Waals surface area (Å²) in [7, 11) is 0. The number of hydrogen-bond donors (Lipinski definition) is 3. The lowest BCUT2D eigenvalue weighted by molar-refractivity contribution is -0.123. The fourth-order valence-corrected chi connectivity index (χ4v) is 1.80. The van der Waals surface area contributed by atoms with Gasteiger partial charge >= 0.3 is 0 Å². The summed E-state index contributed by atoms with van der Waals surface area (Å²) in [4.78, 5) is 24.1. The Morgan fingerprint density at radius 3 is 2.52 bits per heavy atom. The highest BCUT2D eigenvalue weighted by Crippen LogP contribution is 2.08. The zero-order valence-electron chi connectivity index (χ0n) is 12.2. The number of benzene rings is 1. The van der Waals surface area contributed by atoms with Crippen LogP contribution in [0.4, 0.5) is 4.39 Å². The first kappa shape index (κ1) is 17.1. The molecule has 0 saturated heterocycles. The van der Waals surface area contributed by atoms with Crippen LogP contribution in [0.5, 0.6) is 0 Å². The molecule has 0 radical (unpaired) electrons. The zero-order valence-corrected chi connectivity index (χ0v) is 12.2. The molecule has 0 spiro atoms. The van der Waals surface area contributed by atoms with E-state index in [2.05, 4.69) is 10.6 Å². The fraction of sp³-hybridized carbons (Fsp3) is 0.467. The molecule has 6 heteroatoms. The van der Waals surface area contributed by atoms with E-state index >= 15 is 0 Å². The van der Waals surface area contributed by atoms with E-state index < -0.39 is 17.8 Å². The van der Waals surface area contributed by atoms with Gasteiger partial charge < -0.3 is 15.7 Å². The third-order valence-corrected chi connectivity index (χ3v) is 2.99. The lowest BCUT2D eigenvalue weighted by Gasteiger charge is -2.21. The first-order chi connectivity index (χ1) is 9.97. The Kier molecular flexibility index (Phi) is 6.81. The summed E-state index contributed by atoms with van der Waals surface area (Å²) < 4.78 is 13.6. The van der Waals surface area contributed by atoms with E-state index in [1.54, 1.807) is 19.9 Å². The van der Waals surface area contributed by atoms with Crippen LogP contribution >= 0.6 is 0 Å². The van der Waals surface area contributed by atoms with Crippen LogP contribution in [0.25, 0.3) is 0 Å². The van der Waals surface area contributed by atoms with E-state index in [9.17, 15) is 14.0 Å². The SMILES string of the molecule is CC(C)C(NC(=O)c1ccccc1F)C(=O)NCCCO. The first-order valence-corrected chi connectivity index (χ1v) is 6.91. The summed E-state index contributed by atoms with van der Waals surface area (Å²) in [6.07, 6.45) is 0.442. The second-order valence-electron chi connectivity index (χ2n) is 5.04. The number of carbonyl (C=O) groups excluding carboxylic acids is 2. The predicted molar refractivity (Wildman–Crippen MR) is 77.2 cm³/mol. The molecule has 3 N–H and O–H groups in total. The Bertz CT molecular complexity index is 492. The highest BCUT2D eigenvalue weighted by atomic mass is 19.1. The molecule has 1 rings (SSSR count). The van der Waals surface area contributed by atoms with Gasteiger partial charge in [-0.25, -0.2) is 4.39 Å². The second kappa shape index (κ2) is 8.36. The van der Waals surface area contributed by atoms with Crippen LogP contribution in [-0.4, -0.2) is 36.1 Å². The van der Waals surface area contributed by atoms with Crippen molar-refractivity contribution in [2.75, 3.05) is 13.2 Å². The highest BCUT2D eigenvalue weighted by Gasteiger charge is 2.25. The lowest BCUT2D eigenvalue weighted by Crippen LogP contribution is -2.50. The van der Waals surface area contributed by atoms with Gasteiger partial charge in [0.2, 0.25) is 5.91 Å². The summed E-state index contributed by atoms with van der Waals surface area (Å²) in [6.45, 7) is 3.89. The van der Waals surface area contributed by atoms with Gasteiger partial charge in [-0.15, -0.1) is 0 Å². The van der Waals surface area contributed by atoms with Gasteiger partial charge in [0.15, 0.2) is 0 Å². The van der Waals surface area contributed by atoms with Gasteiger partial charge in [0.25, 0.3) is 5.91 Å². The molecule has 0 heterocycles. The molecule has 21 heavy (non-hydrogen) atoms. The largest absolute Gasteiger partial charge is 0.396 e. The number of carbonyl (C=O) groups is 2. The van der Waals surface area contributed by atoms with Crippen LogP contribution in [0.15, 0.2) is 24.3 Å². The highest BCUT2D eigenvalue weighted by molar-refractivity contribution is 5.97. The Hall–Kier alpha value is -1.95. The molecule has 116 valence electrons. The van der Waals surface area contributed by atoms with Gasteiger partial charge in [-0.05, 0) is 24.5 Å². The summed E-state index contributed by atoms with van der Waals surface area (Å²) in [5.41, 5.74) is -0.0914. The van der Waals surface area contributed by atoms with Crippen molar-refractivity contribution < 1.29 is 19.1 Å². The third-order valence-electron chi connectivity index (χ3n) is 2.99. The van der Waals surface area contributed by atoms with E-state index in [4.69, 9.17) is 5.11 Å². The molecule has 0 aliphatic heterocycles. The molecule has 0 aromatic heterocycles. The Labute approximate surface area is 123 Å². The van der Waals surface area contributed by atoms with Crippen molar-refractivity contribution in [2.45, 2.75) is 26.3 Å². The summed E-state index contributed by atoms with van der Waals surface area (Å²) in [6, 6.07) is 4.86. The molecule has 1 aromatic rings. The van der Waals surface area contributed by atoms with Gasteiger partial charge in [0.05, 0.1) is 5.56 Å². The number of nitrogens with one attached hydrogen (secondary N) is 2. The second-order valence-corrected chi connectivity index (χ2v) is 5.04. The van der Waals surface area contributed by atoms with Gasteiger partial charge in [-0.1, -0.05) is 26.0 Å². The Balaban J connectivity index is 2.72. The van der Waals surface area contributed by atoms with Crippen LogP contribution in [0.2, 0.25) is 0 Å². The molecular formula is C15H21FN2O3. The average molecular weight is 296 g/mol. The van der Waals surface area contributed by atoms with Crippen molar-refractivity contribution in [3.8, 4) is 0 Å². The minimum absolute atomic E-state index is 0.0196. The van der Waals surface area contributed by atoms with Gasteiger partial charge in [0, 0.05) is 13.2 Å². The summed E-state index contributed by atoms with van der Waals surface area (Å²) >= 11 is 0. The molecule has 1 unspecified atom stereocenters. The van der Waals surface area contributed by atoms with Crippen LogP contribution < -0.4 is 10.6 Å². The molecule has 0 saturated carbocycles. The maximum absolute atomic E-state index is 13.6. The molecular weight excluding hydrogens is 275 g/mol. The predicted octanol–water partition coefficient (Wildman–Crippen LogP) is 1.08. The third kappa shape index (κ3) is 5.15. The maximum Gasteiger partial charge on any atom is 0.254 e. The minimum atomic E-state index is -0.754. The fourth-order valence-electron chi connectivity index (χ4n) is 1.80. The lowest BCUT2D eigenvalue weighted by atomic mass is 10.0. The Morgan fingerprint density at radius 2 is 1.95 bits per heavy atom. The number of aliphatic hydroxyl groups is 1. The van der Waals surface area contributed by atoms with E-state index in [-0.39, 0.29) is 24.0 Å². The van der Waals surface area contributed by atoms with Crippen LogP contribution in [0.3, 0.4) is 0 Å². The summed E-state index contributed by atoms with van der Waals surface area (Å²) in [5, 5.41) is 13.9. The van der Waals surface area contributed by atoms with Gasteiger partial charge in [0.1, 0.15) is 11.9 Å². The normalized spacial score (nSPS) is 12.0. The van der Waals surface area contributed by atoms with Crippen molar-refractivity contribution in [3.05, 3.63) is 35.6 Å². The van der Waals surface area contributed by atoms with Crippen molar-refractivity contribution >= 4 is 11.8 Å². The van der Waals surface area contributed by atoms with Crippen molar-refractivity contribution in [1.82, 2.24) is 10.6 Å². The van der Waals surface area contributed by atoms with E-state index in [1.807, 2.05) is 0 Å². The van der Waals surface area contributed by atoms with E-state index in [0.717, 1.165) is 0 Å². The van der Waals surface area contributed by atoms with Crippen molar-refractivity contribution in [1.29, 1.82) is 0 Å². The topological polar surface area (TPSA) is 78.4 Å². The average Bonchev–Trinajstić information content (AvgIpc) is 2.44. The number of hydrogen-bond acceptors (Lipinski definition) is 3. The molecule has 1 aromatic carbocycles. The standard InChI is InChI=1S/C15H21FN2O3/c1-10(2)13(15(21)17-8-5-9-19)18-14(20)11-6-3-4-7-12(11)16/h3-4,6-7,10,13,19H,5,8-9H2,1-2H3,(H,17,21)(H,18,20). The number of aliphatic hydroxyl groups excluding tert-OH is 1.